The van der Waals surface area contributed by atoms with Gasteiger partial charge in [0.15, 0.2) is 5.82 Å². The second kappa shape index (κ2) is 4.91. The third kappa shape index (κ3) is 2.41. The molecule has 0 aliphatic heterocycles. The average Bonchev–Trinajstić information content (AvgIpc) is 2.78. The molecular formula is C13H13FN2O. The Hall–Kier alpha value is -1.97. The van der Waals surface area contributed by atoms with Gasteiger partial charge in [-0.25, -0.2) is 9.37 Å². The van der Waals surface area contributed by atoms with Crippen molar-refractivity contribution in [3.05, 3.63) is 53.9 Å². The number of carbonyl (C=O) groups excluding carboxylic acids is 1. The van der Waals surface area contributed by atoms with Crippen LogP contribution < -0.4 is 0 Å². The zero-order valence-corrected chi connectivity index (χ0v) is 9.56. The predicted octanol–water partition coefficient (Wildman–Crippen LogP) is 2.66. The molecule has 0 radical (unpaired) electrons. The molecule has 1 aromatic carbocycles. The number of imidazole rings is 1. The predicted molar refractivity (Wildman–Crippen MR) is 62.4 cm³/mol. The van der Waals surface area contributed by atoms with E-state index in [0.29, 0.717) is 11.4 Å². The number of aryl methyl sites for hydroxylation is 1. The standard InChI is InChI=1S/C13H13FN2O/c1-2-8-16-9-7-15-13(16)12(17)10-3-5-11(14)6-4-10/h3-7,9H,2,8H2,1H3. The SMILES string of the molecule is CCCn1ccnc1C(=O)c1ccc(F)cc1. The number of benzene rings is 1. The maximum atomic E-state index is 12.8. The van der Waals surface area contributed by atoms with Crippen molar-refractivity contribution in [1.29, 1.82) is 0 Å². The van der Waals surface area contributed by atoms with Gasteiger partial charge in [-0.2, -0.15) is 0 Å². The molecule has 0 aliphatic rings. The molecule has 0 aliphatic carbocycles. The van der Waals surface area contributed by atoms with Gasteiger partial charge >= 0.3 is 0 Å². The van der Waals surface area contributed by atoms with E-state index >= 15 is 0 Å². The van der Waals surface area contributed by atoms with E-state index < -0.39 is 0 Å². The fourth-order valence-corrected chi connectivity index (χ4v) is 1.67. The van der Waals surface area contributed by atoms with Gasteiger partial charge in [-0.05, 0) is 30.7 Å². The number of hydrogen-bond donors (Lipinski definition) is 0. The van der Waals surface area contributed by atoms with Gasteiger partial charge in [0.1, 0.15) is 5.82 Å². The van der Waals surface area contributed by atoms with Crippen LogP contribution in [0.1, 0.15) is 29.5 Å². The maximum Gasteiger partial charge on any atom is 0.228 e. The lowest BCUT2D eigenvalue weighted by Gasteiger charge is -2.05. The smallest absolute Gasteiger partial charge is 0.228 e. The summed E-state index contributed by atoms with van der Waals surface area (Å²) < 4.78 is 14.6. The highest BCUT2D eigenvalue weighted by Crippen LogP contribution is 2.10. The Morgan fingerprint density at radius 1 is 1.35 bits per heavy atom. The fraction of sp³-hybridized carbons (Fsp3) is 0.231. The van der Waals surface area contributed by atoms with Gasteiger partial charge in [0.2, 0.25) is 5.78 Å². The Morgan fingerprint density at radius 2 is 2.06 bits per heavy atom. The lowest BCUT2D eigenvalue weighted by molar-refractivity contribution is 0.102. The molecule has 0 saturated heterocycles. The topological polar surface area (TPSA) is 34.9 Å². The van der Waals surface area contributed by atoms with Crippen molar-refractivity contribution in [3.63, 3.8) is 0 Å². The zero-order valence-electron chi connectivity index (χ0n) is 9.56. The molecule has 88 valence electrons. The zero-order chi connectivity index (χ0) is 12.3. The van der Waals surface area contributed by atoms with Gasteiger partial charge in [-0.15, -0.1) is 0 Å². The third-order valence-corrected chi connectivity index (χ3v) is 2.49. The van der Waals surface area contributed by atoms with Crippen molar-refractivity contribution in [2.75, 3.05) is 0 Å². The van der Waals surface area contributed by atoms with E-state index in [1.165, 1.54) is 24.3 Å². The van der Waals surface area contributed by atoms with Gasteiger partial charge in [0.05, 0.1) is 0 Å². The third-order valence-electron chi connectivity index (χ3n) is 2.49. The molecule has 1 aromatic heterocycles. The number of carbonyl (C=O) groups is 1. The van der Waals surface area contributed by atoms with Crippen LogP contribution in [0.15, 0.2) is 36.7 Å². The lowest BCUT2D eigenvalue weighted by atomic mass is 10.1. The minimum atomic E-state index is -0.349. The van der Waals surface area contributed by atoms with Crippen molar-refractivity contribution in [1.82, 2.24) is 9.55 Å². The van der Waals surface area contributed by atoms with Gasteiger partial charge in [0.25, 0.3) is 0 Å². The van der Waals surface area contributed by atoms with Gasteiger partial charge in [-0.1, -0.05) is 6.92 Å². The molecule has 0 saturated carbocycles. The van der Waals surface area contributed by atoms with Crippen LogP contribution >= 0.6 is 0 Å². The van der Waals surface area contributed by atoms with E-state index in [2.05, 4.69) is 4.98 Å². The Bertz CT molecular complexity index is 516. The number of rotatable bonds is 4. The van der Waals surface area contributed by atoms with Crippen molar-refractivity contribution >= 4 is 5.78 Å². The second-order valence-electron chi connectivity index (χ2n) is 3.78. The lowest BCUT2D eigenvalue weighted by Crippen LogP contribution is -2.11. The van der Waals surface area contributed by atoms with Gasteiger partial charge < -0.3 is 4.57 Å². The van der Waals surface area contributed by atoms with Crippen LogP contribution in [0, 0.1) is 5.82 Å². The van der Waals surface area contributed by atoms with E-state index in [9.17, 15) is 9.18 Å². The summed E-state index contributed by atoms with van der Waals surface area (Å²) in [5, 5.41) is 0. The van der Waals surface area contributed by atoms with E-state index in [4.69, 9.17) is 0 Å². The minimum Gasteiger partial charge on any atom is -0.328 e. The Morgan fingerprint density at radius 3 is 2.71 bits per heavy atom. The monoisotopic (exact) mass is 232 g/mol. The first-order valence-corrected chi connectivity index (χ1v) is 5.53. The molecule has 17 heavy (non-hydrogen) atoms. The molecule has 0 atom stereocenters. The summed E-state index contributed by atoms with van der Waals surface area (Å²) in [6.45, 7) is 2.79. The first-order valence-electron chi connectivity index (χ1n) is 5.53. The molecule has 4 heteroatoms. The van der Waals surface area contributed by atoms with Crippen molar-refractivity contribution in [2.45, 2.75) is 19.9 Å². The van der Waals surface area contributed by atoms with Crippen LogP contribution in [0.25, 0.3) is 0 Å². The minimum absolute atomic E-state index is 0.177. The number of nitrogens with zero attached hydrogens (tertiary/aromatic N) is 2. The molecule has 0 fully saturated rings. The first-order chi connectivity index (χ1) is 8.22. The Labute approximate surface area is 98.9 Å². The highest BCUT2D eigenvalue weighted by molar-refractivity contribution is 6.06. The molecule has 1 heterocycles. The molecule has 3 nitrogen and oxygen atoms in total. The molecule has 0 spiro atoms. The van der Waals surface area contributed by atoms with Crippen molar-refractivity contribution in [3.8, 4) is 0 Å². The van der Waals surface area contributed by atoms with Crippen LogP contribution in [0.2, 0.25) is 0 Å². The van der Waals surface area contributed by atoms with E-state index in [1.54, 1.807) is 12.4 Å². The van der Waals surface area contributed by atoms with E-state index in [1.807, 2.05) is 11.5 Å². The van der Waals surface area contributed by atoms with Crippen molar-refractivity contribution < 1.29 is 9.18 Å². The highest BCUT2D eigenvalue weighted by Gasteiger charge is 2.14. The Kier molecular flexibility index (Phi) is 3.32. The van der Waals surface area contributed by atoms with Crippen LogP contribution in [0.3, 0.4) is 0 Å². The molecule has 0 bridgehead atoms. The highest BCUT2D eigenvalue weighted by atomic mass is 19.1. The number of ketones is 1. The van der Waals surface area contributed by atoms with E-state index in [0.717, 1.165) is 13.0 Å². The quantitative estimate of drug-likeness (QED) is 0.759. The second-order valence-corrected chi connectivity index (χ2v) is 3.78. The summed E-state index contributed by atoms with van der Waals surface area (Å²) in [6.07, 6.45) is 4.31. The van der Waals surface area contributed by atoms with Crippen LogP contribution in [-0.4, -0.2) is 15.3 Å². The molecule has 2 rings (SSSR count). The summed E-state index contributed by atoms with van der Waals surface area (Å²) in [5.41, 5.74) is 0.454. The normalized spacial score (nSPS) is 10.5. The number of hydrogen-bond acceptors (Lipinski definition) is 2. The summed E-state index contributed by atoms with van der Waals surface area (Å²) in [4.78, 5) is 16.2. The van der Waals surface area contributed by atoms with Crippen LogP contribution in [-0.2, 0) is 6.54 Å². The van der Waals surface area contributed by atoms with Crippen LogP contribution in [0.5, 0.6) is 0 Å². The average molecular weight is 232 g/mol. The summed E-state index contributed by atoms with van der Waals surface area (Å²) in [6, 6.07) is 5.51. The van der Waals surface area contributed by atoms with Crippen molar-refractivity contribution in [2.24, 2.45) is 0 Å². The fourth-order valence-electron chi connectivity index (χ4n) is 1.67. The molecule has 0 amide bonds. The molecule has 0 N–H and O–H groups in total. The molecular weight excluding hydrogens is 219 g/mol. The van der Waals surface area contributed by atoms with Crippen LogP contribution in [0.4, 0.5) is 4.39 Å². The summed E-state index contributed by atoms with van der Waals surface area (Å²) >= 11 is 0. The largest absolute Gasteiger partial charge is 0.328 e. The maximum absolute atomic E-state index is 12.8. The molecule has 2 aromatic rings. The number of halogens is 1. The van der Waals surface area contributed by atoms with E-state index in [-0.39, 0.29) is 11.6 Å². The van der Waals surface area contributed by atoms with Gasteiger partial charge in [-0.3, -0.25) is 4.79 Å². The summed E-state index contributed by atoms with van der Waals surface area (Å²) in [5.74, 6) is -0.125. The van der Waals surface area contributed by atoms with Gasteiger partial charge in [0, 0.05) is 24.5 Å². The molecule has 0 unspecified atom stereocenters. The first kappa shape index (κ1) is 11.5. The summed E-state index contributed by atoms with van der Waals surface area (Å²) in [7, 11) is 0. The Balaban J connectivity index is 2.30. The number of aromatic nitrogens is 2.